The van der Waals surface area contributed by atoms with Crippen LogP contribution in [0.15, 0.2) is 18.2 Å². The molecule has 2 rings (SSSR count). The molecule has 1 aromatic heterocycles. The summed E-state index contributed by atoms with van der Waals surface area (Å²) in [7, 11) is 0. The molecular weight excluding hydrogens is 339 g/mol. The number of rotatable bonds is 2. The maximum atomic E-state index is 12.7. The van der Waals surface area contributed by atoms with Gasteiger partial charge in [-0.2, -0.15) is 18.3 Å². The van der Waals surface area contributed by atoms with Gasteiger partial charge in [0, 0.05) is 0 Å². The molecule has 9 heteroatoms. The third kappa shape index (κ3) is 2.63. The van der Waals surface area contributed by atoms with E-state index in [1.165, 1.54) is 18.2 Å². The Labute approximate surface area is 125 Å². The van der Waals surface area contributed by atoms with Gasteiger partial charge in [0.25, 0.3) is 0 Å². The Hall–Kier alpha value is -1.24. The predicted molar refractivity (Wildman–Crippen MR) is 69.0 cm³/mol. The Morgan fingerprint density at radius 1 is 1.15 bits per heavy atom. The number of aromatic nitrogens is 2. The number of alkyl halides is 3. The molecule has 0 aliphatic rings. The zero-order chi connectivity index (χ0) is 15.1. The summed E-state index contributed by atoms with van der Waals surface area (Å²) in [4.78, 5) is 10.8. The number of nitrogens with zero attached hydrogens (tertiary/aromatic N) is 2. The third-order valence-electron chi connectivity index (χ3n) is 2.40. The molecule has 0 fully saturated rings. The molecule has 3 nitrogen and oxygen atoms in total. The number of benzene rings is 1. The van der Waals surface area contributed by atoms with Gasteiger partial charge in [-0.15, -0.1) is 0 Å². The van der Waals surface area contributed by atoms with E-state index in [1.807, 2.05) is 0 Å². The number of halogens is 6. The number of carbonyl (C=O) groups is 1. The Balaban J connectivity index is 2.66. The maximum Gasteiger partial charge on any atom is 0.435 e. The molecule has 0 saturated heterocycles. The summed E-state index contributed by atoms with van der Waals surface area (Å²) in [5.74, 6) is 0. The second kappa shape index (κ2) is 5.27. The normalized spacial score (nSPS) is 11.7. The second-order valence-electron chi connectivity index (χ2n) is 3.68. The topological polar surface area (TPSA) is 34.9 Å². The first-order valence-electron chi connectivity index (χ1n) is 5.02. The van der Waals surface area contributed by atoms with Crippen LogP contribution in [0.3, 0.4) is 0 Å². The van der Waals surface area contributed by atoms with Crippen LogP contribution >= 0.6 is 34.8 Å². The monoisotopic (exact) mass is 342 g/mol. The first-order valence-corrected chi connectivity index (χ1v) is 6.15. The van der Waals surface area contributed by atoms with Crippen LogP contribution in [0.1, 0.15) is 16.1 Å². The summed E-state index contributed by atoms with van der Waals surface area (Å²) < 4.78 is 39.0. The predicted octanol–water partition coefficient (Wildman–Crippen LogP) is 4.66. The van der Waals surface area contributed by atoms with Crippen LogP contribution in [-0.2, 0) is 6.18 Å². The summed E-state index contributed by atoms with van der Waals surface area (Å²) in [6.07, 6.45) is -4.78. The molecule has 0 aliphatic carbocycles. The van der Waals surface area contributed by atoms with Crippen molar-refractivity contribution in [2.45, 2.75) is 6.18 Å². The molecule has 0 atom stereocenters. The fourth-order valence-electron chi connectivity index (χ4n) is 1.51. The highest BCUT2D eigenvalue weighted by atomic mass is 35.5. The fourth-order valence-corrected chi connectivity index (χ4v) is 2.07. The molecule has 0 radical (unpaired) electrons. The Bertz CT molecular complexity index is 682. The quantitative estimate of drug-likeness (QED) is 0.743. The molecule has 0 bridgehead atoms. The van der Waals surface area contributed by atoms with E-state index in [2.05, 4.69) is 5.10 Å². The van der Waals surface area contributed by atoms with Gasteiger partial charge >= 0.3 is 6.18 Å². The number of hydrogen-bond acceptors (Lipinski definition) is 2. The molecular formula is C11H4Cl3F3N2O. The fraction of sp³-hybridized carbons (Fsp3) is 0.0909. The van der Waals surface area contributed by atoms with Crippen LogP contribution in [0.25, 0.3) is 5.69 Å². The van der Waals surface area contributed by atoms with Crippen molar-refractivity contribution in [2.24, 2.45) is 0 Å². The number of hydrogen-bond donors (Lipinski definition) is 0. The van der Waals surface area contributed by atoms with E-state index in [4.69, 9.17) is 34.8 Å². The van der Waals surface area contributed by atoms with Gasteiger partial charge in [-0.25, -0.2) is 4.68 Å². The lowest BCUT2D eigenvalue weighted by Crippen LogP contribution is -2.09. The summed E-state index contributed by atoms with van der Waals surface area (Å²) in [6.45, 7) is 0. The molecule has 1 aromatic carbocycles. The van der Waals surface area contributed by atoms with Crippen LogP contribution < -0.4 is 0 Å². The van der Waals surface area contributed by atoms with Crippen molar-refractivity contribution < 1.29 is 18.0 Å². The minimum atomic E-state index is -4.79. The van der Waals surface area contributed by atoms with Crippen LogP contribution in [-0.4, -0.2) is 16.1 Å². The van der Waals surface area contributed by atoms with E-state index >= 15 is 0 Å². The zero-order valence-electron chi connectivity index (χ0n) is 9.38. The standard InChI is InChI=1S/C11H4Cl3F3N2O/c12-7-2-1-5(3-8(7)13)19-10(14)6(4-20)9(18-19)11(15,16)17/h1-4H. The Morgan fingerprint density at radius 2 is 1.80 bits per heavy atom. The summed E-state index contributed by atoms with van der Waals surface area (Å²) in [6, 6.07) is 4.05. The third-order valence-corrected chi connectivity index (χ3v) is 3.50. The molecule has 0 aliphatic heterocycles. The van der Waals surface area contributed by atoms with Gasteiger partial charge in [0.1, 0.15) is 5.15 Å². The van der Waals surface area contributed by atoms with E-state index in [9.17, 15) is 18.0 Å². The molecule has 0 spiro atoms. The molecule has 0 amide bonds. The largest absolute Gasteiger partial charge is 0.435 e. The Morgan fingerprint density at radius 3 is 2.25 bits per heavy atom. The van der Waals surface area contributed by atoms with E-state index in [-0.39, 0.29) is 22.0 Å². The van der Waals surface area contributed by atoms with Crippen molar-refractivity contribution in [1.29, 1.82) is 0 Å². The minimum absolute atomic E-state index is 0.00613. The summed E-state index contributed by atoms with van der Waals surface area (Å²) in [5.41, 5.74) is -1.93. The highest BCUT2D eigenvalue weighted by Gasteiger charge is 2.39. The van der Waals surface area contributed by atoms with Crippen molar-refractivity contribution >= 4 is 41.1 Å². The first-order chi connectivity index (χ1) is 9.25. The molecule has 1 heterocycles. The zero-order valence-corrected chi connectivity index (χ0v) is 11.6. The summed E-state index contributed by atoms with van der Waals surface area (Å²) in [5, 5.41) is 3.22. The van der Waals surface area contributed by atoms with Gasteiger partial charge in [0.15, 0.2) is 12.0 Å². The summed E-state index contributed by atoms with van der Waals surface area (Å²) >= 11 is 17.2. The molecule has 2 aromatic rings. The van der Waals surface area contributed by atoms with E-state index in [0.29, 0.717) is 0 Å². The highest BCUT2D eigenvalue weighted by molar-refractivity contribution is 6.42. The highest BCUT2D eigenvalue weighted by Crippen LogP contribution is 2.35. The SMILES string of the molecule is O=Cc1c(C(F)(F)F)nn(-c2ccc(Cl)c(Cl)c2)c1Cl. The molecule has 0 N–H and O–H groups in total. The van der Waals surface area contributed by atoms with Crippen molar-refractivity contribution in [2.75, 3.05) is 0 Å². The first kappa shape index (κ1) is 15.2. The smallest absolute Gasteiger partial charge is 0.298 e. The van der Waals surface area contributed by atoms with Crippen LogP contribution in [0, 0.1) is 0 Å². The van der Waals surface area contributed by atoms with Gasteiger partial charge in [-0.1, -0.05) is 34.8 Å². The van der Waals surface area contributed by atoms with Crippen LogP contribution in [0.4, 0.5) is 13.2 Å². The van der Waals surface area contributed by atoms with Crippen LogP contribution in [0.2, 0.25) is 15.2 Å². The average Bonchev–Trinajstić information content (AvgIpc) is 2.69. The number of carbonyl (C=O) groups excluding carboxylic acids is 1. The van der Waals surface area contributed by atoms with Gasteiger partial charge in [0.05, 0.1) is 21.3 Å². The van der Waals surface area contributed by atoms with Crippen molar-refractivity contribution in [3.05, 3.63) is 44.7 Å². The van der Waals surface area contributed by atoms with Gasteiger partial charge in [0.2, 0.25) is 0 Å². The lowest BCUT2D eigenvalue weighted by Gasteiger charge is -2.05. The van der Waals surface area contributed by atoms with Crippen molar-refractivity contribution in [1.82, 2.24) is 9.78 Å². The maximum absolute atomic E-state index is 12.7. The van der Waals surface area contributed by atoms with Crippen molar-refractivity contribution in [3.8, 4) is 5.69 Å². The van der Waals surface area contributed by atoms with Gasteiger partial charge < -0.3 is 0 Å². The van der Waals surface area contributed by atoms with E-state index < -0.39 is 22.6 Å². The van der Waals surface area contributed by atoms with E-state index in [0.717, 1.165) is 4.68 Å². The molecule has 20 heavy (non-hydrogen) atoms. The Kier molecular flexibility index (Phi) is 4.00. The number of aldehydes is 1. The van der Waals surface area contributed by atoms with E-state index in [1.54, 1.807) is 0 Å². The molecule has 0 saturated carbocycles. The van der Waals surface area contributed by atoms with Crippen LogP contribution in [0.5, 0.6) is 0 Å². The van der Waals surface area contributed by atoms with Gasteiger partial charge in [-0.05, 0) is 18.2 Å². The van der Waals surface area contributed by atoms with Gasteiger partial charge in [-0.3, -0.25) is 4.79 Å². The minimum Gasteiger partial charge on any atom is -0.298 e. The second-order valence-corrected chi connectivity index (χ2v) is 4.85. The molecule has 106 valence electrons. The average molecular weight is 344 g/mol. The molecule has 0 unspecified atom stereocenters. The van der Waals surface area contributed by atoms with Crippen molar-refractivity contribution in [3.63, 3.8) is 0 Å². The lowest BCUT2D eigenvalue weighted by atomic mass is 10.2. The lowest BCUT2D eigenvalue weighted by molar-refractivity contribution is -0.141.